The van der Waals surface area contributed by atoms with E-state index >= 15 is 0 Å². The zero-order valence-corrected chi connectivity index (χ0v) is 16.6. The van der Waals surface area contributed by atoms with Gasteiger partial charge in [-0.2, -0.15) is 0 Å². The summed E-state index contributed by atoms with van der Waals surface area (Å²) >= 11 is 0. The van der Waals surface area contributed by atoms with Gasteiger partial charge in [0.05, 0.1) is 0 Å². The van der Waals surface area contributed by atoms with E-state index in [2.05, 4.69) is 63.8 Å². The van der Waals surface area contributed by atoms with Gasteiger partial charge in [0, 0.05) is 29.5 Å². The molecule has 0 saturated carbocycles. The van der Waals surface area contributed by atoms with Gasteiger partial charge in [-0.3, -0.25) is 0 Å². The Morgan fingerprint density at radius 3 is 2.25 bits per heavy atom. The zero-order valence-electron chi connectivity index (χ0n) is 15.6. The van der Waals surface area contributed by atoms with Gasteiger partial charge in [0.2, 0.25) is 0 Å². The molecule has 0 aliphatic heterocycles. The topological polar surface area (TPSA) is 23.5 Å². The van der Waals surface area contributed by atoms with Crippen molar-refractivity contribution in [3.63, 3.8) is 0 Å². The minimum atomic E-state index is -0.0562. The summed E-state index contributed by atoms with van der Waals surface area (Å²) in [6, 6.07) is 14.4. The molecule has 0 aromatic heterocycles. The second-order valence-corrected chi connectivity index (χ2v) is 8.32. The number of rotatable bonds is 7. The maximum absolute atomic E-state index is 10.4. The molecule has 0 aliphatic rings. The number of aromatic hydroxyl groups is 1. The third kappa shape index (κ3) is 3.75. The molecule has 0 heterocycles. The van der Waals surface area contributed by atoms with Crippen molar-refractivity contribution in [1.29, 1.82) is 0 Å². The second-order valence-electron chi connectivity index (χ2n) is 6.47. The molecule has 2 aromatic carbocycles. The van der Waals surface area contributed by atoms with Gasteiger partial charge in [0.15, 0.2) is 0 Å². The summed E-state index contributed by atoms with van der Waals surface area (Å²) in [7, 11) is 0.617. The number of benzene rings is 2. The molecule has 0 spiro atoms. The lowest BCUT2D eigenvalue weighted by Gasteiger charge is -2.33. The molecule has 130 valence electrons. The zero-order chi connectivity index (χ0) is 17.7. The lowest BCUT2D eigenvalue weighted by molar-refractivity contribution is 0.457. The Balaban J connectivity index is 2.50. The molecule has 2 unspecified atom stereocenters. The average molecular weight is 343 g/mol. The summed E-state index contributed by atoms with van der Waals surface area (Å²) in [5.41, 5.74) is 3.74. The van der Waals surface area contributed by atoms with Crippen molar-refractivity contribution in [1.82, 2.24) is 0 Å². The lowest BCUT2D eigenvalue weighted by atomic mass is 9.96. The van der Waals surface area contributed by atoms with Crippen LogP contribution >= 0.6 is 8.58 Å². The highest BCUT2D eigenvalue weighted by Gasteiger charge is 2.29. The van der Waals surface area contributed by atoms with E-state index in [0.717, 1.165) is 25.1 Å². The quantitative estimate of drug-likeness (QED) is 0.701. The van der Waals surface area contributed by atoms with Crippen LogP contribution in [0.5, 0.6) is 5.75 Å². The monoisotopic (exact) mass is 343 g/mol. The number of phenolic OH excluding ortho intramolecular Hbond substituents is 1. The van der Waals surface area contributed by atoms with Crippen LogP contribution in [0.2, 0.25) is 0 Å². The predicted octanol–water partition coefficient (Wildman–Crippen LogP) is 5.18. The third-order valence-corrected chi connectivity index (χ3v) is 7.04. The SMILES string of the molecule is CCN(CC)c1cccc(C)c1PC(C)(CC)c1ccccc1O. The number of anilines is 1. The van der Waals surface area contributed by atoms with Crippen LogP contribution in [-0.4, -0.2) is 18.2 Å². The number of phenols is 1. The van der Waals surface area contributed by atoms with E-state index in [9.17, 15) is 5.11 Å². The summed E-state index contributed by atoms with van der Waals surface area (Å²) in [5, 5.41) is 11.8. The minimum Gasteiger partial charge on any atom is -0.508 e. The second kappa shape index (κ2) is 8.03. The van der Waals surface area contributed by atoms with Crippen molar-refractivity contribution in [3.8, 4) is 5.75 Å². The summed E-state index contributed by atoms with van der Waals surface area (Å²) < 4.78 is 0. The smallest absolute Gasteiger partial charge is 0.119 e. The largest absolute Gasteiger partial charge is 0.508 e. The summed E-state index contributed by atoms with van der Waals surface area (Å²) in [4.78, 5) is 2.43. The van der Waals surface area contributed by atoms with Crippen LogP contribution in [0, 0.1) is 6.92 Å². The van der Waals surface area contributed by atoms with Crippen molar-refractivity contribution in [3.05, 3.63) is 53.6 Å². The highest BCUT2D eigenvalue weighted by atomic mass is 31.1. The van der Waals surface area contributed by atoms with Crippen LogP contribution in [0.3, 0.4) is 0 Å². The van der Waals surface area contributed by atoms with Crippen LogP contribution < -0.4 is 10.2 Å². The Morgan fingerprint density at radius 2 is 1.67 bits per heavy atom. The van der Waals surface area contributed by atoms with E-state index in [1.807, 2.05) is 12.1 Å². The highest BCUT2D eigenvalue weighted by Crippen LogP contribution is 2.48. The van der Waals surface area contributed by atoms with Crippen LogP contribution in [-0.2, 0) is 5.16 Å². The summed E-state index contributed by atoms with van der Waals surface area (Å²) in [6.45, 7) is 13.1. The lowest BCUT2D eigenvalue weighted by Crippen LogP contribution is -2.29. The van der Waals surface area contributed by atoms with Crippen molar-refractivity contribution >= 4 is 19.6 Å². The Labute approximate surface area is 148 Å². The molecule has 0 radical (unpaired) electrons. The maximum Gasteiger partial charge on any atom is 0.119 e. The van der Waals surface area contributed by atoms with E-state index in [1.54, 1.807) is 6.07 Å². The van der Waals surface area contributed by atoms with Gasteiger partial charge in [-0.25, -0.2) is 0 Å². The molecule has 0 saturated heterocycles. The van der Waals surface area contributed by atoms with Crippen LogP contribution in [0.25, 0.3) is 0 Å². The summed E-state index contributed by atoms with van der Waals surface area (Å²) in [5.74, 6) is 0.410. The first-order valence-electron chi connectivity index (χ1n) is 8.88. The molecular formula is C21H30NOP. The van der Waals surface area contributed by atoms with E-state index in [0.29, 0.717) is 14.3 Å². The molecule has 0 aliphatic carbocycles. The third-order valence-electron chi connectivity index (χ3n) is 4.96. The molecule has 3 heteroatoms. The first kappa shape index (κ1) is 18.8. The van der Waals surface area contributed by atoms with Crippen molar-refractivity contribution < 1.29 is 5.11 Å². The van der Waals surface area contributed by atoms with Crippen molar-refractivity contribution in [2.75, 3.05) is 18.0 Å². The number of hydrogen-bond donors (Lipinski definition) is 1. The molecule has 2 nitrogen and oxygen atoms in total. The van der Waals surface area contributed by atoms with Crippen molar-refractivity contribution in [2.24, 2.45) is 0 Å². The molecular weight excluding hydrogens is 313 g/mol. The van der Waals surface area contributed by atoms with Gasteiger partial charge in [-0.05, 0) is 50.2 Å². The van der Waals surface area contributed by atoms with E-state index in [4.69, 9.17) is 0 Å². The number of aryl methyl sites for hydroxylation is 1. The molecule has 0 amide bonds. The molecule has 2 rings (SSSR count). The Kier molecular flexibility index (Phi) is 6.29. The van der Waals surface area contributed by atoms with E-state index in [-0.39, 0.29) is 5.16 Å². The fraction of sp³-hybridized carbons (Fsp3) is 0.429. The molecule has 1 N–H and O–H groups in total. The molecule has 0 fully saturated rings. The van der Waals surface area contributed by atoms with Crippen molar-refractivity contribution in [2.45, 2.75) is 46.2 Å². The standard InChI is InChI=1S/C21H30NOP/c1-6-21(5,17-13-9-10-15-19(17)23)24-20-16(4)12-11-14-18(20)22(7-2)8-3/h9-15,23-24H,6-8H2,1-5H3. The first-order chi connectivity index (χ1) is 11.5. The van der Waals surface area contributed by atoms with Gasteiger partial charge in [-0.1, -0.05) is 52.8 Å². The van der Waals surface area contributed by atoms with Crippen LogP contribution in [0.15, 0.2) is 42.5 Å². The first-order valence-corrected chi connectivity index (χ1v) is 9.88. The van der Waals surface area contributed by atoms with E-state index in [1.165, 1.54) is 16.6 Å². The van der Waals surface area contributed by atoms with Gasteiger partial charge < -0.3 is 10.0 Å². The molecule has 2 atom stereocenters. The molecule has 24 heavy (non-hydrogen) atoms. The number of hydrogen-bond acceptors (Lipinski definition) is 2. The fourth-order valence-electron chi connectivity index (χ4n) is 3.21. The number of para-hydroxylation sites is 1. The Bertz CT molecular complexity index is 681. The molecule has 2 aromatic rings. The van der Waals surface area contributed by atoms with Gasteiger partial charge in [0.25, 0.3) is 0 Å². The predicted molar refractivity (Wildman–Crippen MR) is 108 cm³/mol. The van der Waals surface area contributed by atoms with Gasteiger partial charge >= 0.3 is 0 Å². The summed E-state index contributed by atoms with van der Waals surface area (Å²) in [6.07, 6.45) is 0.995. The Morgan fingerprint density at radius 1 is 1.00 bits per heavy atom. The van der Waals surface area contributed by atoms with Gasteiger partial charge in [0.1, 0.15) is 5.75 Å². The van der Waals surface area contributed by atoms with Gasteiger partial charge in [-0.15, -0.1) is 0 Å². The normalized spacial score (nSPS) is 14.0. The van der Waals surface area contributed by atoms with Crippen LogP contribution in [0.1, 0.15) is 45.2 Å². The van der Waals surface area contributed by atoms with Crippen LogP contribution in [0.4, 0.5) is 5.69 Å². The van der Waals surface area contributed by atoms with E-state index < -0.39 is 0 Å². The highest BCUT2D eigenvalue weighted by molar-refractivity contribution is 7.49. The maximum atomic E-state index is 10.4. The average Bonchev–Trinajstić information content (AvgIpc) is 2.59. The Hall–Kier alpha value is -1.53. The number of nitrogens with zero attached hydrogens (tertiary/aromatic N) is 1. The fourth-order valence-corrected chi connectivity index (χ4v) is 4.93. The minimum absolute atomic E-state index is 0.0562. The molecule has 0 bridgehead atoms.